The molecule has 0 bridgehead atoms. The summed E-state index contributed by atoms with van der Waals surface area (Å²) in [4.78, 5) is 34.1. The van der Waals surface area contributed by atoms with E-state index in [4.69, 9.17) is 14.2 Å². The van der Waals surface area contributed by atoms with Gasteiger partial charge in [-0.25, -0.2) is 0 Å². The first-order chi connectivity index (χ1) is 12.6. The van der Waals surface area contributed by atoms with Crippen molar-refractivity contribution in [3.05, 3.63) is 36.1 Å². The Morgan fingerprint density at radius 2 is 1.93 bits per heavy atom. The molecular formula is C19H26O8. The fourth-order valence-corrected chi connectivity index (χ4v) is 2.50. The van der Waals surface area contributed by atoms with Gasteiger partial charge in [0.25, 0.3) is 0 Å². The molecule has 1 aliphatic rings. The quantitative estimate of drug-likeness (QED) is 0.267. The van der Waals surface area contributed by atoms with Crippen molar-refractivity contribution in [2.24, 2.45) is 0 Å². The third kappa shape index (κ3) is 6.65. The molecule has 0 aromatic heterocycles. The zero-order chi connectivity index (χ0) is 20.7. The van der Waals surface area contributed by atoms with Crippen molar-refractivity contribution in [1.82, 2.24) is 0 Å². The number of ether oxygens (including phenoxy) is 3. The maximum absolute atomic E-state index is 11.8. The summed E-state index contributed by atoms with van der Waals surface area (Å²) in [7, 11) is 0. The number of rotatable bonds is 9. The molecule has 0 aromatic rings. The van der Waals surface area contributed by atoms with Crippen LogP contribution in [0.4, 0.5) is 0 Å². The molecule has 0 spiro atoms. The molecular weight excluding hydrogens is 356 g/mol. The molecule has 8 heteroatoms. The van der Waals surface area contributed by atoms with Crippen LogP contribution in [0.5, 0.6) is 0 Å². The fraction of sp³-hybridized carbons (Fsp3) is 0.526. The van der Waals surface area contributed by atoms with E-state index in [1.165, 1.54) is 26.8 Å². The highest BCUT2D eigenvalue weighted by molar-refractivity contribution is 5.93. The Kier molecular flexibility index (Phi) is 8.39. The van der Waals surface area contributed by atoms with Gasteiger partial charge in [-0.15, -0.1) is 6.58 Å². The Hall–Kier alpha value is -2.45. The predicted octanol–water partition coefficient (Wildman–Crippen LogP) is 1.53. The van der Waals surface area contributed by atoms with E-state index in [2.05, 4.69) is 13.2 Å². The highest BCUT2D eigenvalue weighted by Crippen LogP contribution is 2.29. The van der Waals surface area contributed by atoms with E-state index in [9.17, 15) is 24.6 Å². The lowest BCUT2D eigenvalue weighted by Crippen LogP contribution is -2.38. The summed E-state index contributed by atoms with van der Waals surface area (Å²) >= 11 is 0. The van der Waals surface area contributed by atoms with Crippen molar-refractivity contribution in [2.75, 3.05) is 6.61 Å². The minimum atomic E-state index is -1.50. The molecule has 1 aliphatic heterocycles. The first kappa shape index (κ1) is 22.6. The topological polar surface area (TPSA) is 119 Å². The van der Waals surface area contributed by atoms with Gasteiger partial charge in [-0.1, -0.05) is 12.7 Å². The lowest BCUT2D eigenvalue weighted by atomic mass is 10.0. The third-order valence-electron chi connectivity index (χ3n) is 4.09. The number of carbonyl (C=O) groups excluding carboxylic acids is 3. The molecule has 0 amide bonds. The van der Waals surface area contributed by atoms with Crippen LogP contribution in [0, 0.1) is 0 Å². The molecule has 1 heterocycles. The largest absolute Gasteiger partial charge is 0.509 e. The minimum absolute atomic E-state index is 0.147. The lowest BCUT2D eigenvalue weighted by molar-refractivity contribution is -0.152. The van der Waals surface area contributed by atoms with Gasteiger partial charge < -0.3 is 24.4 Å². The van der Waals surface area contributed by atoms with Crippen LogP contribution in [0.1, 0.15) is 33.6 Å². The van der Waals surface area contributed by atoms with Gasteiger partial charge >= 0.3 is 11.9 Å². The maximum Gasteiger partial charge on any atom is 0.310 e. The minimum Gasteiger partial charge on any atom is -0.509 e. The lowest BCUT2D eigenvalue weighted by Gasteiger charge is -2.24. The van der Waals surface area contributed by atoms with Gasteiger partial charge in [-0.2, -0.15) is 0 Å². The zero-order valence-electron chi connectivity index (χ0n) is 15.8. The van der Waals surface area contributed by atoms with Crippen molar-refractivity contribution >= 4 is 17.7 Å². The molecule has 0 aromatic carbocycles. The van der Waals surface area contributed by atoms with Gasteiger partial charge in [0.2, 0.25) is 0 Å². The van der Waals surface area contributed by atoms with Crippen LogP contribution in [0.2, 0.25) is 0 Å². The van der Waals surface area contributed by atoms with Crippen LogP contribution in [0.25, 0.3) is 0 Å². The van der Waals surface area contributed by atoms with Crippen LogP contribution in [0.15, 0.2) is 36.1 Å². The number of esters is 2. The SMILES string of the molecule is C=CC1CC(OC(C)=O)C(C(O)/C(O)=C(/C)CC(=O)OCC(=C)C(C)=O)O1. The Balaban J connectivity index is 2.78. The van der Waals surface area contributed by atoms with Crippen LogP contribution >= 0.6 is 0 Å². The standard InChI is InChI=1S/C19H26O8/c1-6-14-8-15(26-13(5)21)19(27-14)18(24)17(23)10(2)7-16(22)25-9-11(3)12(4)20/h6,14-15,18-19,23-24H,1,3,7-9H2,2,4-5H3/b17-10+. The van der Waals surface area contributed by atoms with Crippen molar-refractivity contribution in [1.29, 1.82) is 0 Å². The van der Waals surface area contributed by atoms with Gasteiger partial charge in [0.1, 0.15) is 30.7 Å². The summed E-state index contributed by atoms with van der Waals surface area (Å²) in [6.45, 7) is 10.8. The Morgan fingerprint density at radius 3 is 2.44 bits per heavy atom. The number of hydrogen-bond acceptors (Lipinski definition) is 8. The highest BCUT2D eigenvalue weighted by atomic mass is 16.6. The van der Waals surface area contributed by atoms with Gasteiger partial charge in [0.15, 0.2) is 5.78 Å². The fourth-order valence-electron chi connectivity index (χ4n) is 2.50. The summed E-state index contributed by atoms with van der Waals surface area (Å²) in [5, 5.41) is 20.7. The van der Waals surface area contributed by atoms with Gasteiger partial charge in [0.05, 0.1) is 12.5 Å². The van der Waals surface area contributed by atoms with Crippen LogP contribution < -0.4 is 0 Å². The van der Waals surface area contributed by atoms with E-state index in [1.54, 1.807) is 0 Å². The molecule has 4 unspecified atom stereocenters. The van der Waals surface area contributed by atoms with Crippen molar-refractivity contribution in [3.8, 4) is 0 Å². The molecule has 0 saturated carbocycles. The van der Waals surface area contributed by atoms with Gasteiger partial charge in [0, 0.05) is 18.9 Å². The first-order valence-corrected chi connectivity index (χ1v) is 8.43. The second-order valence-corrected chi connectivity index (χ2v) is 6.37. The summed E-state index contributed by atoms with van der Waals surface area (Å²) in [5.74, 6) is -1.99. The molecule has 1 saturated heterocycles. The number of carbonyl (C=O) groups is 3. The normalized spacial score (nSPS) is 23.8. The second-order valence-electron chi connectivity index (χ2n) is 6.37. The monoisotopic (exact) mass is 382 g/mol. The Labute approximate surface area is 158 Å². The molecule has 4 atom stereocenters. The van der Waals surface area contributed by atoms with Crippen LogP contribution in [0.3, 0.4) is 0 Å². The van der Waals surface area contributed by atoms with Crippen LogP contribution in [-0.4, -0.2) is 59.0 Å². The smallest absolute Gasteiger partial charge is 0.310 e. The number of aliphatic hydroxyl groups is 2. The van der Waals surface area contributed by atoms with E-state index in [1.807, 2.05) is 0 Å². The highest BCUT2D eigenvalue weighted by Gasteiger charge is 2.42. The summed E-state index contributed by atoms with van der Waals surface area (Å²) in [6.07, 6.45) is -2.20. The van der Waals surface area contributed by atoms with E-state index >= 15 is 0 Å². The summed E-state index contributed by atoms with van der Waals surface area (Å²) < 4.78 is 15.6. The molecule has 0 aliphatic carbocycles. The third-order valence-corrected chi connectivity index (χ3v) is 4.09. The average molecular weight is 382 g/mol. The maximum atomic E-state index is 11.8. The number of hydrogen-bond donors (Lipinski definition) is 2. The average Bonchev–Trinajstić information content (AvgIpc) is 3.00. The molecule has 150 valence electrons. The van der Waals surface area contributed by atoms with E-state index in [-0.39, 0.29) is 30.0 Å². The zero-order valence-corrected chi connectivity index (χ0v) is 15.8. The molecule has 2 N–H and O–H groups in total. The Morgan fingerprint density at radius 1 is 1.30 bits per heavy atom. The first-order valence-electron chi connectivity index (χ1n) is 8.43. The number of Topliss-reactive ketones (excluding diaryl/α,β-unsaturated/α-hetero) is 1. The van der Waals surface area contributed by atoms with E-state index in [0.29, 0.717) is 6.42 Å². The van der Waals surface area contributed by atoms with Crippen molar-refractivity contribution < 1.29 is 38.8 Å². The summed E-state index contributed by atoms with van der Waals surface area (Å²) in [5.41, 5.74) is 0.307. The number of aliphatic hydroxyl groups excluding tert-OH is 2. The van der Waals surface area contributed by atoms with E-state index < -0.39 is 42.1 Å². The molecule has 8 nitrogen and oxygen atoms in total. The molecule has 0 radical (unpaired) electrons. The van der Waals surface area contributed by atoms with Gasteiger partial charge in [-0.05, 0) is 19.4 Å². The van der Waals surface area contributed by atoms with Crippen molar-refractivity contribution in [2.45, 2.75) is 58.0 Å². The number of ketones is 1. The molecule has 1 rings (SSSR count). The molecule has 1 fully saturated rings. The second kappa shape index (κ2) is 10.0. The Bertz CT molecular complexity index is 648. The molecule has 27 heavy (non-hydrogen) atoms. The summed E-state index contributed by atoms with van der Waals surface area (Å²) in [6, 6.07) is 0. The van der Waals surface area contributed by atoms with E-state index in [0.717, 1.165) is 0 Å². The van der Waals surface area contributed by atoms with Gasteiger partial charge in [-0.3, -0.25) is 14.4 Å². The van der Waals surface area contributed by atoms with Crippen LogP contribution in [-0.2, 0) is 28.6 Å². The van der Waals surface area contributed by atoms with Crippen molar-refractivity contribution in [3.63, 3.8) is 0 Å². The predicted molar refractivity (Wildman–Crippen MR) is 95.8 cm³/mol.